The summed E-state index contributed by atoms with van der Waals surface area (Å²) in [6.45, 7) is 2.88. The highest BCUT2D eigenvalue weighted by Gasteiger charge is 1.97. The van der Waals surface area contributed by atoms with Crippen molar-refractivity contribution in [3.63, 3.8) is 0 Å². The zero-order valence-corrected chi connectivity index (χ0v) is 12.9. The van der Waals surface area contributed by atoms with Crippen LogP contribution in [0.2, 0.25) is 0 Å². The lowest BCUT2D eigenvalue weighted by Gasteiger charge is -2.02. The van der Waals surface area contributed by atoms with Crippen molar-refractivity contribution in [3.8, 4) is 5.75 Å². The van der Waals surface area contributed by atoms with Crippen LogP contribution in [0.5, 0.6) is 5.75 Å². The molecule has 1 rings (SSSR count). The zero-order chi connectivity index (χ0) is 11.7. The van der Waals surface area contributed by atoms with E-state index in [1.807, 2.05) is 5.38 Å². The van der Waals surface area contributed by atoms with Crippen LogP contribution in [-0.4, -0.2) is 16.2 Å². The molecule has 0 aromatic carbocycles. The van der Waals surface area contributed by atoms with Crippen molar-refractivity contribution in [2.24, 2.45) is 0 Å². The van der Waals surface area contributed by atoms with E-state index >= 15 is 0 Å². The molecule has 0 saturated carbocycles. The van der Waals surface area contributed by atoms with E-state index in [2.05, 4.69) is 28.2 Å². The van der Waals surface area contributed by atoms with Gasteiger partial charge in [-0.15, -0.1) is 11.3 Å². The van der Waals surface area contributed by atoms with Gasteiger partial charge in [-0.1, -0.05) is 50.7 Å². The Morgan fingerprint density at radius 2 is 2.00 bits per heavy atom. The predicted molar refractivity (Wildman–Crippen MR) is 74.3 cm³/mol. The molecule has 1 aromatic heterocycles. The number of halogens is 4. The Hall–Kier alpha value is 0.850. The number of thiophene rings is 1. The van der Waals surface area contributed by atoms with Crippen molar-refractivity contribution in [1.82, 2.24) is 0 Å². The van der Waals surface area contributed by atoms with Gasteiger partial charge in [-0.2, -0.15) is 0 Å². The minimum absolute atomic E-state index is 0.750. The molecule has 0 aliphatic carbocycles. The summed E-state index contributed by atoms with van der Waals surface area (Å²) in [6, 6.07) is 0. The maximum Gasteiger partial charge on any atom is 0.180 e. The second kappa shape index (κ2) is 10.0. The summed E-state index contributed by atoms with van der Waals surface area (Å²) in [5.74, 6) is 1.04. The van der Waals surface area contributed by atoms with E-state index in [-0.39, 0.29) is 0 Å². The largest absolute Gasteiger partial charge is 0.492 e. The molecule has 0 amide bonds. The molecule has 15 heavy (non-hydrogen) atoms. The normalized spacial score (nSPS) is 9.73. The van der Waals surface area contributed by atoms with Gasteiger partial charge in [0, 0.05) is 16.3 Å². The van der Waals surface area contributed by atoms with E-state index in [1.165, 1.54) is 5.56 Å². The number of aryl methyl sites for hydroxylation is 1. The summed E-state index contributed by atoms with van der Waals surface area (Å²) in [5, 5.41) is 5.16. The van der Waals surface area contributed by atoms with Gasteiger partial charge in [0.15, 0.2) is 4.30 Å². The molecule has 0 fully saturated rings. The van der Waals surface area contributed by atoms with Crippen molar-refractivity contribution in [1.29, 1.82) is 0 Å². The molecule has 0 atom stereocenters. The van der Waals surface area contributed by atoms with Crippen LogP contribution < -0.4 is 4.74 Å². The first-order valence-corrected chi connectivity index (χ1v) is 7.59. The molecular formula is C9H12BrCl3OS. The van der Waals surface area contributed by atoms with Crippen LogP contribution in [0.15, 0.2) is 10.8 Å². The Morgan fingerprint density at radius 3 is 2.40 bits per heavy atom. The fourth-order valence-electron chi connectivity index (χ4n) is 0.733. The van der Waals surface area contributed by atoms with Crippen LogP contribution in [0.25, 0.3) is 0 Å². The molecule has 0 spiro atoms. The Bertz CT molecular complexity index is 253. The van der Waals surface area contributed by atoms with Crippen molar-refractivity contribution in [3.05, 3.63) is 16.3 Å². The lowest BCUT2D eigenvalue weighted by Crippen LogP contribution is -1.97. The highest BCUT2D eigenvalue weighted by Crippen LogP contribution is 2.21. The first kappa shape index (κ1) is 15.9. The van der Waals surface area contributed by atoms with Gasteiger partial charge in [0.1, 0.15) is 5.75 Å². The van der Waals surface area contributed by atoms with E-state index in [0.29, 0.717) is 0 Å². The van der Waals surface area contributed by atoms with Crippen LogP contribution >= 0.6 is 62.1 Å². The van der Waals surface area contributed by atoms with Crippen LogP contribution in [0.3, 0.4) is 0 Å². The summed E-state index contributed by atoms with van der Waals surface area (Å²) < 4.78 is 4.75. The minimum atomic E-state index is -0.750. The van der Waals surface area contributed by atoms with Crippen LogP contribution in [0.4, 0.5) is 0 Å². The Morgan fingerprint density at radius 1 is 1.40 bits per heavy atom. The Labute approximate surface area is 118 Å². The molecule has 0 N–H and O–H groups in total. The molecular weight excluding hydrogens is 342 g/mol. The first-order chi connectivity index (χ1) is 7.07. The van der Waals surface area contributed by atoms with Crippen LogP contribution in [-0.2, 0) is 0 Å². The van der Waals surface area contributed by atoms with E-state index in [4.69, 9.17) is 39.5 Å². The lowest BCUT2D eigenvalue weighted by molar-refractivity contribution is 0.318. The predicted octanol–water partition coefficient (Wildman–Crippen LogP) is 5.21. The molecule has 1 aromatic rings. The number of alkyl halides is 4. The van der Waals surface area contributed by atoms with E-state index in [1.54, 1.807) is 11.3 Å². The Balaban J connectivity index is 0.000000423. The smallest absolute Gasteiger partial charge is 0.180 e. The summed E-state index contributed by atoms with van der Waals surface area (Å²) in [5.41, 5.74) is 1.24. The molecule has 0 aliphatic rings. The van der Waals surface area contributed by atoms with Gasteiger partial charge >= 0.3 is 0 Å². The lowest BCUT2D eigenvalue weighted by atomic mass is 10.4. The summed E-state index contributed by atoms with van der Waals surface area (Å²) >= 11 is 19.5. The number of hydrogen-bond acceptors (Lipinski definition) is 2. The van der Waals surface area contributed by atoms with E-state index < -0.39 is 4.30 Å². The molecule has 1 heterocycles. The Kier molecular flexibility index (Phi) is 10.6. The maximum absolute atomic E-state index is 5.50. The van der Waals surface area contributed by atoms with Gasteiger partial charge in [0.05, 0.1) is 6.61 Å². The van der Waals surface area contributed by atoms with Crippen molar-refractivity contribution >= 4 is 62.1 Å². The van der Waals surface area contributed by atoms with Crippen molar-refractivity contribution < 1.29 is 4.74 Å². The third-order valence-corrected chi connectivity index (χ3v) is 2.74. The SMILES string of the molecule is Cc1cscc1OCCCBr.ClC(Cl)Cl. The van der Waals surface area contributed by atoms with Crippen LogP contribution in [0.1, 0.15) is 12.0 Å². The first-order valence-electron chi connectivity index (χ1n) is 4.21. The van der Waals surface area contributed by atoms with Crippen LogP contribution in [0, 0.1) is 6.92 Å². The molecule has 1 nitrogen and oxygen atoms in total. The molecule has 88 valence electrons. The maximum atomic E-state index is 5.50. The number of ether oxygens (including phenoxy) is 1. The summed E-state index contributed by atoms with van der Waals surface area (Å²) in [7, 11) is 0. The van der Waals surface area contributed by atoms with Crippen molar-refractivity contribution in [2.75, 3.05) is 11.9 Å². The highest BCUT2D eigenvalue weighted by molar-refractivity contribution is 9.09. The minimum Gasteiger partial charge on any atom is -0.492 e. The molecule has 6 heteroatoms. The average Bonchev–Trinajstić information content (AvgIpc) is 2.51. The molecule has 0 aliphatic heterocycles. The van der Waals surface area contributed by atoms with E-state index in [0.717, 1.165) is 24.1 Å². The highest BCUT2D eigenvalue weighted by atomic mass is 79.9. The molecule has 0 radical (unpaired) electrons. The third-order valence-electron chi connectivity index (χ3n) is 1.34. The van der Waals surface area contributed by atoms with Gasteiger partial charge in [-0.3, -0.25) is 0 Å². The molecule has 0 bridgehead atoms. The second-order valence-corrected chi connectivity index (χ2v) is 6.07. The number of hydrogen-bond donors (Lipinski definition) is 0. The van der Waals surface area contributed by atoms with Gasteiger partial charge in [-0.05, 0) is 18.7 Å². The fraction of sp³-hybridized carbons (Fsp3) is 0.556. The number of rotatable bonds is 4. The summed E-state index contributed by atoms with van der Waals surface area (Å²) in [6.07, 6.45) is 1.06. The van der Waals surface area contributed by atoms with Gasteiger partial charge in [0.2, 0.25) is 0 Å². The molecule has 0 saturated heterocycles. The monoisotopic (exact) mass is 352 g/mol. The van der Waals surface area contributed by atoms with Gasteiger partial charge in [-0.25, -0.2) is 0 Å². The van der Waals surface area contributed by atoms with Gasteiger partial charge in [0.25, 0.3) is 0 Å². The fourth-order valence-corrected chi connectivity index (χ4v) is 1.73. The third kappa shape index (κ3) is 9.76. The topological polar surface area (TPSA) is 9.23 Å². The standard InChI is InChI=1S/C8H11BrOS.CHCl3/c1-7-5-11-6-8(7)10-4-2-3-9;2-1(3)4/h5-6H,2-4H2,1H3;1H. The zero-order valence-electron chi connectivity index (χ0n) is 8.18. The summed E-state index contributed by atoms with van der Waals surface area (Å²) in [4.78, 5) is 0. The van der Waals surface area contributed by atoms with E-state index in [9.17, 15) is 0 Å². The van der Waals surface area contributed by atoms with Crippen molar-refractivity contribution in [2.45, 2.75) is 17.6 Å². The average molecular weight is 355 g/mol. The quantitative estimate of drug-likeness (QED) is 0.533. The van der Waals surface area contributed by atoms with Gasteiger partial charge < -0.3 is 4.74 Å². The second-order valence-electron chi connectivity index (χ2n) is 2.56. The molecule has 0 unspecified atom stereocenters.